The Morgan fingerprint density at radius 1 is 0.643 bits per heavy atom. The molecule has 6 atom stereocenters. The maximum Gasteiger partial charge on any atom is 0.292 e. The van der Waals surface area contributed by atoms with Crippen LogP contribution in [-0.4, -0.2) is 0 Å². The van der Waals surface area contributed by atoms with E-state index in [4.69, 9.17) is 20.0 Å². The van der Waals surface area contributed by atoms with Crippen molar-refractivity contribution < 1.29 is 9.47 Å². The molecule has 0 spiro atoms. The molecule has 4 heteroatoms. The number of rotatable bonds is 4. The highest BCUT2D eigenvalue weighted by molar-refractivity contribution is 5.34. The largest absolute Gasteiger partial charge is 0.388 e. The second kappa shape index (κ2) is 6.88. The van der Waals surface area contributed by atoms with Gasteiger partial charge in [0, 0.05) is 0 Å². The van der Waals surface area contributed by atoms with Crippen molar-refractivity contribution in [3.05, 3.63) is 59.7 Å². The maximum absolute atomic E-state index is 8.66. The molecule has 0 aromatic heterocycles. The van der Waals surface area contributed by atoms with Gasteiger partial charge in [-0.3, -0.25) is 0 Å². The first-order valence-electron chi connectivity index (χ1n) is 10.1. The van der Waals surface area contributed by atoms with Gasteiger partial charge < -0.3 is 9.47 Å². The quantitative estimate of drug-likeness (QED) is 0.681. The van der Waals surface area contributed by atoms with Crippen LogP contribution in [0.5, 0.6) is 11.5 Å². The van der Waals surface area contributed by atoms with Gasteiger partial charge in [0.15, 0.2) is 0 Å². The van der Waals surface area contributed by atoms with Gasteiger partial charge in [0.25, 0.3) is 12.5 Å². The van der Waals surface area contributed by atoms with Gasteiger partial charge in [-0.2, -0.15) is 0 Å². The number of nitriles is 2. The highest BCUT2D eigenvalue weighted by Gasteiger charge is 2.56. The lowest BCUT2D eigenvalue weighted by atomic mass is 9.73. The standard InChI is InChI=1S/C24H22N2O2/c25-13-27-19-5-1-15(2-6-19)17-9-22-18-11-21(24(12-18)23(22)10-17)16-3-7-20(8-4-16)28-14-26/h1-8,17-18,21-24H,9-12H2/t17-,18-,21-,22+,23+,24-/m1/s1. The van der Waals surface area contributed by atoms with E-state index in [1.54, 1.807) is 12.5 Å². The highest BCUT2D eigenvalue weighted by Crippen LogP contribution is 2.65. The number of ether oxygens (including phenoxy) is 2. The lowest BCUT2D eigenvalue weighted by Gasteiger charge is -2.31. The van der Waals surface area contributed by atoms with Crippen molar-refractivity contribution in [1.29, 1.82) is 10.5 Å². The Labute approximate surface area is 165 Å². The van der Waals surface area contributed by atoms with Crippen LogP contribution in [0.3, 0.4) is 0 Å². The average molecular weight is 370 g/mol. The summed E-state index contributed by atoms with van der Waals surface area (Å²) in [4.78, 5) is 0. The topological polar surface area (TPSA) is 66.0 Å². The first-order chi connectivity index (χ1) is 13.8. The van der Waals surface area contributed by atoms with Crippen molar-refractivity contribution in [1.82, 2.24) is 0 Å². The molecule has 28 heavy (non-hydrogen) atoms. The predicted molar refractivity (Wildman–Crippen MR) is 103 cm³/mol. The Bertz CT molecular complexity index is 939. The van der Waals surface area contributed by atoms with Crippen molar-refractivity contribution in [3.8, 4) is 24.0 Å². The molecule has 0 heterocycles. The molecular weight excluding hydrogens is 348 g/mol. The summed E-state index contributed by atoms with van der Waals surface area (Å²) in [7, 11) is 0. The molecule has 0 amide bonds. The van der Waals surface area contributed by atoms with Crippen LogP contribution >= 0.6 is 0 Å². The second-order valence-electron chi connectivity index (χ2n) is 8.52. The van der Waals surface area contributed by atoms with Crippen molar-refractivity contribution in [3.63, 3.8) is 0 Å². The van der Waals surface area contributed by atoms with E-state index >= 15 is 0 Å². The highest BCUT2D eigenvalue weighted by atomic mass is 16.5. The molecular formula is C24H22N2O2. The lowest BCUT2D eigenvalue weighted by molar-refractivity contribution is 0.232. The zero-order valence-electron chi connectivity index (χ0n) is 15.6. The molecule has 3 aliphatic carbocycles. The number of nitrogens with zero attached hydrogens (tertiary/aromatic N) is 2. The number of hydrogen-bond acceptors (Lipinski definition) is 4. The molecule has 2 aromatic carbocycles. The van der Waals surface area contributed by atoms with Crippen LogP contribution in [0.1, 0.15) is 48.6 Å². The normalized spacial score (nSPS) is 32.4. The van der Waals surface area contributed by atoms with Gasteiger partial charge in [0.05, 0.1) is 0 Å². The molecule has 0 radical (unpaired) electrons. The predicted octanol–water partition coefficient (Wildman–Crippen LogP) is 5.34. The van der Waals surface area contributed by atoms with E-state index in [-0.39, 0.29) is 0 Å². The van der Waals surface area contributed by atoms with E-state index in [1.807, 2.05) is 24.3 Å². The smallest absolute Gasteiger partial charge is 0.292 e. The molecule has 3 fully saturated rings. The lowest BCUT2D eigenvalue weighted by Crippen LogP contribution is -2.23. The van der Waals surface area contributed by atoms with E-state index in [2.05, 4.69) is 24.3 Å². The third-order valence-electron chi connectivity index (χ3n) is 7.45. The summed E-state index contributed by atoms with van der Waals surface area (Å²) in [6.45, 7) is 0. The fourth-order valence-electron chi connectivity index (χ4n) is 6.42. The summed E-state index contributed by atoms with van der Waals surface area (Å²) < 4.78 is 9.83. The number of benzene rings is 2. The summed E-state index contributed by atoms with van der Waals surface area (Å²) in [6.07, 6.45) is 8.71. The third-order valence-corrected chi connectivity index (χ3v) is 7.45. The van der Waals surface area contributed by atoms with Crippen molar-refractivity contribution in [2.24, 2.45) is 23.7 Å². The Kier molecular flexibility index (Phi) is 4.21. The van der Waals surface area contributed by atoms with E-state index in [1.165, 1.54) is 36.8 Å². The maximum atomic E-state index is 8.66. The van der Waals surface area contributed by atoms with Crippen molar-refractivity contribution in [2.75, 3.05) is 0 Å². The summed E-state index contributed by atoms with van der Waals surface area (Å²) in [5, 5.41) is 17.3. The molecule has 3 aliphatic rings. The van der Waals surface area contributed by atoms with Crippen molar-refractivity contribution in [2.45, 2.75) is 37.5 Å². The summed E-state index contributed by atoms with van der Waals surface area (Å²) >= 11 is 0. The van der Waals surface area contributed by atoms with Gasteiger partial charge in [-0.1, -0.05) is 24.3 Å². The number of fused-ring (bicyclic) bond motifs is 5. The Balaban J connectivity index is 1.30. The van der Waals surface area contributed by atoms with Gasteiger partial charge in [0.2, 0.25) is 0 Å². The Morgan fingerprint density at radius 3 is 1.82 bits per heavy atom. The van der Waals surface area contributed by atoms with E-state index in [9.17, 15) is 0 Å². The van der Waals surface area contributed by atoms with Crippen LogP contribution in [0.25, 0.3) is 0 Å². The molecule has 0 unspecified atom stereocenters. The Hall–Kier alpha value is -2.98. The SMILES string of the molecule is N#COc1ccc([C@H]2C[C@H]3[C@@H](C2)[C@H]2C[C@@H]3[C@@H](c3ccc(OC#N)cc3)C2)cc1. The Morgan fingerprint density at radius 2 is 1.21 bits per heavy atom. The van der Waals surface area contributed by atoms with Gasteiger partial charge in [-0.15, -0.1) is 10.5 Å². The van der Waals surface area contributed by atoms with Gasteiger partial charge in [0.1, 0.15) is 11.5 Å². The van der Waals surface area contributed by atoms with Gasteiger partial charge >= 0.3 is 0 Å². The van der Waals surface area contributed by atoms with Gasteiger partial charge in [-0.25, -0.2) is 0 Å². The molecule has 2 bridgehead atoms. The minimum Gasteiger partial charge on any atom is -0.388 e. The first kappa shape index (κ1) is 17.1. The van der Waals surface area contributed by atoms with Gasteiger partial charge in [-0.05, 0) is 96.6 Å². The fourth-order valence-corrected chi connectivity index (χ4v) is 6.42. The average Bonchev–Trinajstić information content (AvgIpc) is 3.42. The third kappa shape index (κ3) is 2.81. The molecule has 0 N–H and O–H groups in total. The number of hydrogen-bond donors (Lipinski definition) is 0. The van der Waals surface area contributed by atoms with Crippen LogP contribution in [-0.2, 0) is 0 Å². The molecule has 5 rings (SSSR count). The van der Waals surface area contributed by atoms with Crippen LogP contribution in [0, 0.1) is 46.7 Å². The van der Waals surface area contributed by atoms with E-state index in [0.717, 1.165) is 23.7 Å². The molecule has 140 valence electrons. The summed E-state index contributed by atoms with van der Waals surface area (Å²) in [6, 6.07) is 16.2. The molecule has 2 aromatic rings. The first-order valence-corrected chi connectivity index (χ1v) is 10.1. The summed E-state index contributed by atoms with van der Waals surface area (Å²) in [5.74, 6) is 5.83. The van der Waals surface area contributed by atoms with Crippen molar-refractivity contribution >= 4 is 0 Å². The molecule has 0 saturated heterocycles. The summed E-state index contributed by atoms with van der Waals surface area (Å²) in [5.41, 5.74) is 2.78. The zero-order chi connectivity index (χ0) is 19.1. The second-order valence-corrected chi connectivity index (χ2v) is 8.52. The zero-order valence-corrected chi connectivity index (χ0v) is 15.6. The minimum atomic E-state index is 0.619. The van der Waals surface area contributed by atoms with E-state index < -0.39 is 0 Å². The fraction of sp³-hybridized carbons (Fsp3) is 0.417. The van der Waals surface area contributed by atoms with Crippen LogP contribution in [0.2, 0.25) is 0 Å². The molecule has 4 nitrogen and oxygen atoms in total. The molecule has 0 aliphatic heterocycles. The van der Waals surface area contributed by atoms with E-state index in [0.29, 0.717) is 23.3 Å². The van der Waals surface area contributed by atoms with Crippen LogP contribution in [0.4, 0.5) is 0 Å². The van der Waals surface area contributed by atoms with Crippen LogP contribution in [0.15, 0.2) is 48.5 Å². The minimum absolute atomic E-state index is 0.619. The monoisotopic (exact) mass is 370 g/mol. The van der Waals surface area contributed by atoms with Crippen LogP contribution < -0.4 is 9.47 Å². The molecule has 3 saturated carbocycles.